The van der Waals surface area contributed by atoms with Crippen molar-refractivity contribution in [3.05, 3.63) is 18.7 Å². The van der Waals surface area contributed by atoms with Crippen LogP contribution in [0.25, 0.3) is 0 Å². The van der Waals surface area contributed by atoms with Crippen LogP contribution in [0.3, 0.4) is 0 Å². The maximum absolute atomic E-state index is 5.56. The molecule has 0 aromatic carbocycles. The quantitative estimate of drug-likeness (QED) is 0.457. The van der Waals surface area contributed by atoms with Gasteiger partial charge in [-0.3, -0.25) is 0 Å². The average molecular weight is 280 g/mol. The SMILES string of the molecule is CCCCOCCCCCCCCCCn1ccnc1. The normalized spacial score (nSPS) is 11.1. The van der Waals surface area contributed by atoms with Crippen molar-refractivity contribution in [3.63, 3.8) is 0 Å². The van der Waals surface area contributed by atoms with E-state index in [4.69, 9.17) is 4.74 Å². The molecule has 0 N–H and O–H groups in total. The lowest BCUT2D eigenvalue weighted by atomic mass is 10.1. The summed E-state index contributed by atoms with van der Waals surface area (Å²) in [7, 11) is 0. The van der Waals surface area contributed by atoms with Gasteiger partial charge in [-0.05, 0) is 19.3 Å². The third kappa shape index (κ3) is 10.0. The smallest absolute Gasteiger partial charge is 0.0945 e. The first-order valence-corrected chi connectivity index (χ1v) is 8.47. The van der Waals surface area contributed by atoms with Crippen molar-refractivity contribution in [1.29, 1.82) is 0 Å². The van der Waals surface area contributed by atoms with Crippen LogP contribution in [-0.4, -0.2) is 22.8 Å². The lowest BCUT2D eigenvalue weighted by Gasteiger charge is -2.04. The Labute approximate surface area is 124 Å². The zero-order valence-corrected chi connectivity index (χ0v) is 13.2. The Balaban J connectivity index is 1.70. The summed E-state index contributed by atoms with van der Waals surface area (Å²) in [6, 6.07) is 0. The number of nitrogens with zero attached hydrogens (tertiary/aromatic N) is 2. The van der Waals surface area contributed by atoms with Gasteiger partial charge in [-0.2, -0.15) is 0 Å². The van der Waals surface area contributed by atoms with E-state index in [-0.39, 0.29) is 0 Å². The molecule has 0 aliphatic carbocycles. The van der Waals surface area contributed by atoms with Gasteiger partial charge in [0.15, 0.2) is 0 Å². The lowest BCUT2D eigenvalue weighted by Crippen LogP contribution is -1.96. The molecule has 1 rings (SSSR count). The lowest BCUT2D eigenvalue weighted by molar-refractivity contribution is 0.127. The van der Waals surface area contributed by atoms with Crippen molar-refractivity contribution in [2.75, 3.05) is 13.2 Å². The first kappa shape index (κ1) is 17.2. The van der Waals surface area contributed by atoms with Crippen LogP contribution in [0.2, 0.25) is 0 Å². The number of hydrogen-bond acceptors (Lipinski definition) is 2. The van der Waals surface area contributed by atoms with E-state index in [2.05, 4.69) is 16.5 Å². The highest BCUT2D eigenvalue weighted by Crippen LogP contribution is 2.09. The van der Waals surface area contributed by atoms with Crippen LogP contribution >= 0.6 is 0 Å². The summed E-state index contributed by atoms with van der Waals surface area (Å²) in [6.45, 7) is 5.24. The fourth-order valence-corrected chi connectivity index (χ4v) is 2.33. The Kier molecular flexibility index (Phi) is 11.3. The van der Waals surface area contributed by atoms with Crippen molar-refractivity contribution in [2.45, 2.75) is 77.7 Å². The van der Waals surface area contributed by atoms with E-state index in [0.29, 0.717) is 0 Å². The Hall–Kier alpha value is -0.830. The summed E-state index contributed by atoms with van der Waals surface area (Å²) in [6.07, 6.45) is 19.0. The first-order chi connectivity index (χ1) is 9.93. The minimum Gasteiger partial charge on any atom is -0.381 e. The highest BCUT2D eigenvalue weighted by molar-refractivity contribution is 4.73. The van der Waals surface area contributed by atoms with Gasteiger partial charge < -0.3 is 9.30 Å². The highest BCUT2D eigenvalue weighted by Gasteiger charge is 1.94. The van der Waals surface area contributed by atoms with E-state index >= 15 is 0 Å². The fourth-order valence-electron chi connectivity index (χ4n) is 2.33. The van der Waals surface area contributed by atoms with Gasteiger partial charge in [0, 0.05) is 32.2 Å². The Morgan fingerprint density at radius 1 is 0.850 bits per heavy atom. The number of imidazole rings is 1. The Bertz CT molecular complexity index is 285. The summed E-state index contributed by atoms with van der Waals surface area (Å²) < 4.78 is 7.73. The van der Waals surface area contributed by atoms with Gasteiger partial charge in [-0.25, -0.2) is 4.98 Å². The van der Waals surface area contributed by atoms with E-state index in [0.717, 1.165) is 19.8 Å². The highest BCUT2D eigenvalue weighted by atomic mass is 16.5. The standard InChI is InChI=1S/C17H32N2O/c1-2-3-15-20-16-11-9-7-5-4-6-8-10-13-19-14-12-18-17-19/h12,14,17H,2-11,13,15-16H2,1H3. The van der Waals surface area contributed by atoms with Gasteiger partial charge >= 0.3 is 0 Å². The maximum Gasteiger partial charge on any atom is 0.0945 e. The van der Waals surface area contributed by atoms with E-state index in [1.54, 1.807) is 0 Å². The molecule has 0 bridgehead atoms. The number of aromatic nitrogens is 2. The van der Waals surface area contributed by atoms with Crippen LogP contribution < -0.4 is 0 Å². The molecule has 0 atom stereocenters. The number of aryl methyl sites for hydroxylation is 1. The third-order valence-corrected chi connectivity index (χ3v) is 3.66. The van der Waals surface area contributed by atoms with Crippen molar-refractivity contribution in [2.24, 2.45) is 0 Å². The molecule has 0 fully saturated rings. The molecule has 0 saturated heterocycles. The number of unbranched alkanes of at least 4 members (excludes halogenated alkanes) is 8. The number of hydrogen-bond donors (Lipinski definition) is 0. The molecular weight excluding hydrogens is 248 g/mol. The van der Waals surface area contributed by atoms with Crippen molar-refractivity contribution >= 4 is 0 Å². The minimum absolute atomic E-state index is 0.952. The molecule has 20 heavy (non-hydrogen) atoms. The second kappa shape index (κ2) is 13.2. The van der Waals surface area contributed by atoms with Gasteiger partial charge in [0.05, 0.1) is 6.33 Å². The monoisotopic (exact) mass is 280 g/mol. The molecule has 0 amide bonds. The summed E-state index contributed by atoms with van der Waals surface area (Å²) in [4.78, 5) is 4.06. The number of rotatable bonds is 14. The van der Waals surface area contributed by atoms with Crippen LogP contribution in [-0.2, 0) is 11.3 Å². The summed E-state index contributed by atoms with van der Waals surface area (Å²) in [5.74, 6) is 0. The second-order valence-electron chi connectivity index (χ2n) is 5.59. The fraction of sp³-hybridized carbons (Fsp3) is 0.824. The van der Waals surface area contributed by atoms with Crippen LogP contribution in [0.4, 0.5) is 0 Å². The van der Waals surface area contributed by atoms with Gasteiger partial charge in [0.25, 0.3) is 0 Å². The van der Waals surface area contributed by atoms with E-state index in [9.17, 15) is 0 Å². The maximum atomic E-state index is 5.56. The van der Waals surface area contributed by atoms with Crippen molar-refractivity contribution in [3.8, 4) is 0 Å². The first-order valence-electron chi connectivity index (χ1n) is 8.47. The molecular formula is C17H32N2O. The molecule has 0 spiro atoms. The van der Waals surface area contributed by atoms with E-state index in [1.165, 1.54) is 64.2 Å². The van der Waals surface area contributed by atoms with E-state index < -0.39 is 0 Å². The molecule has 1 aromatic rings. The van der Waals surface area contributed by atoms with Gasteiger partial charge in [-0.15, -0.1) is 0 Å². The van der Waals surface area contributed by atoms with Crippen molar-refractivity contribution < 1.29 is 4.74 Å². The Morgan fingerprint density at radius 3 is 2.15 bits per heavy atom. The molecule has 3 heteroatoms. The molecule has 0 radical (unpaired) electrons. The third-order valence-electron chi connectivity index (χ3n) is 3.66. The zero-order valence-electron chi connectivity index (χ0n) is 13.2. The van der Waals surface area contributed by atoms with Crippen LogP contribution in [0.15, 0.2) is 18.7 Å². The predicted octanol–water partition coefficient (Wildman–Crippen LogP) is 4.82. The van der Waals surface area contributed by atoms with Crippen LogP contribution in [0.1, 0.15) is 71.1 Å². The molecule has 1 aromatic heterocycles. The van der Waals surface area contributed by atoms with Gasteiger partial charge in [0.1, 0.15) is 0 Å². The predicted molar refractivity (Wildman–Crippen MR) is 84.9 cm³/mol. The van der Waals surface area contributed by atoms with Gasteiger partial charge in [-0.1, -0.05) is 51.9 Å². The zero-order chi connectivity index (χ0) is 14.3. The van der Waals surface area contributed by atoms with E-state index in [1.807, 2.05) is 18.7 Å². The Morgan fingerprint density at radius 2 is 1.50 bits per heavy atom. The molecule has 116 valence electrons. The molecule has 3 nitrogen and oxygen atoms in total. The number of ether oxygens (including phenoxy) is 1. The minimum atomic E-state index is 0.952. The summed E-state index contributed by atoms with van der Waals surface area (Å²) in [5, 5.41) is 0. The van der Waals surface area contributed by atoms with Gasteiger partial charge in [0.2, 0.25) is 0 Å². The summed E-state index contributed by atoms with van der Waals surface area (Å²) in [5.41, 5.74) is 0. The largest absolute Gasteiger partial charge is 0.381 e. The molecule has 0 aliphatic rings. The second-order valence-corrected chi connectivity index (χ2v) is 5.59. The molecule has 0 aliphatic heterocycles. The molecule has 0 saturated carbocycles. The topological polar surface area (TPSA) is 27.1 Å². The summed E-state index contributed by atoms with van der Waals surface area (Å²) >= 11 is 0. The van der Waals surface area contributed by atoms with Crippen LogP contribution in [0, 0.1) is 0 Å². The molecule has 0 unspecified atom stereocenters. The average Bonchev–Trinajstić information content (AvgIpc) is 2.97. The molecule has 1 heterocycles. The van der Waals surface area contributed by atoms with Crippen molar-refractivity contribution in [1.82, 2.24) is 9.55 Å². The van der Waals surface area contributed by atoms with Crippen LogP contribution in [0.5, 0.6) is 0 Å².